The molecule has 0 bridgehead atoms. The van der Waals surface area contributed by atoms with Crippen molar-refractivity contribution >= 4 is 37.8 Å². The highest BCUT2D eigenvalue weighted by Gasteiger charge is 2.06. The zero-order valence-corrected chi connectivity index (χ0v) is 13.3. The molecular formula is C12H16Br2N2O2. The fourth-order valence-electron chi connectivity index (χ4n) is 1.35. The number of carbonyl (C=O) groups is 1. The minimum Gasteiger partial charge on any atom is -0.383 e. The maximum absolute atomic E-state index is 11.8. The Morgan fingerprint density at radius 2 is 1.83 bits per heavy atom. The summed E-state index contributed by atoms with van der Waals surface area (Å²) >= 11 is 6.71. The first-order chi connectivity index (χ1) is 8.63. The highest BCUT2D eigenvalue weighted by atomic mass is 79.9. The number of benzene rings is 1. The number of rotatable bonds is 7. The number of nitrogens with one attached hydrogen (secondary N) is 2. The van der Waals surface area contributed by atoms with Gasteiger partial charge in [0.25, 0.3) is 5.91 Å². The highest BCUT2D eigenvalue weighted by molar-refractivity contribution is 9.11. The second-order valence-electron chi connectivity index (χ2n) is 3.66. The van der Waals surface area contributed by atoms with E-state index in [9.17, 15) is 4.79 Å². The Labute approximate surface area is 124 Å². The lowest BCUT2D eigenvalue weighted by atomic mass is 10.2. The molecule has 0 saturated carbocycles. The van der Waals surface area contributed by atoms with Gasteiger partial charge in [0, 0.05) is 41.3 Å². The molecular weight excluding hydrogens is 364 g/mol. The number of hydrogen-bond acceptors (Lipinski definition) is 3. The van der Waals surface area contributed by atoms with Crippen LogP contribution < -0.4 is 10.6 Å². The molecule has 1 aromatic rings. The number of methoxy groups -OCH3 is 1. The van der Waals surface area contributed by atoms with Gasteiger partial charge in [0.05, 0.1) is 6.61 Å². The van der Waals surface area contributed by atoms with Crippen LogP contribution in [0.3, 0.4) is 0 Å². The number of amides is 1. The van der Waals surface area contributed by atoms with Gasteiger partial charge in [0.1, 0.15) is 0 Å². The van der Waals surface area contributed by atoms with Crippen molar-refractivity contribution in [2.45, 2.75) is 0 Å². The molecule has 1 amide bonds. The van der Waals surface area contributed by atoms with Crippen LogP contribution in [0.4, 0.5) is 0 Å². The molecule has 0 unspecified atom stereocenters. The average molecular weight is 380 g/mol. The van der Waals surface area contributed by atoms with E-state index in [0.717, 1.165) is 22.0 Å². The van der Waals surface area contributed by atoms with Gasteiger partial charge in [-0.15, -0.1) is 0 Å². The lowest BCUT2D eigenvalue weighted by Gasteiger charge is -2.07. The molecule has 0 aliphatic rings. The van der Waals surface area contributed by atoms with Crippen LogP contribution in [0.15, 0.2) is 27.1 Å². The molecule has 1 aromatic carbocycles. The van der Waals surface area contributed by atoms with E-state index in [-0.39, 0.29) is 5.91 Å². The molecule has 0 atom stereocenters. The first kappa shape index (κ1) is 15.6. The summed E-state index contributed by atoms with van der Waals surface area (Å²) in [6, 6.07) is 5.47. The zero-order valence-electron chi connectivity index (χ0n) is 10.1. The van der Waals surface area contributed by atoms with Gasteiger partial charge in [0.2, 0.25) is 0 Å². The molecule has 100 valence electrons. The quantitative estimate of drug-likeness (QED) is 0.714. The molecule has 0 saturated heterocycles. The van der Waals surface area contributed by atoms with Gasteiger partial charge in [-0.25, -0.2) is 0 Å². The van der Waals surface area contributed by atoms with Crippen molar-refractivity contribution < 1.29 is 9.53 Å². The summed E-state index contributed by atoms with van der Waals surface area (Å²) in [5.41, 5.74) is 0.633. The summed E-state index contributed by atoms with van der Waals surface area (Å²) < 4.78 is 6.66. The van der Waals surface area contributed by atoms with E-state index in [0.29, 0.717) is 18.7 Å². The summed E-state index contributed by atoms with van der Waals surface area (Å²) in [6.07, 6.45) is 0. The van der Waals surface area contributed by atoms with Crippen molar-refractivity contribution in [2.24, 2.45) is 0 Å². The molecule has 0 aliphatic carbocycles. The van der Waals surface area contributed by atoms with Crippen LogP contribution in [0.5, 0.6) is 0 Å². The molecule has 4 nitrogen and oxygen atoms in total. The number of hydrogen-bond donors (Lipinski definition) is 2. The average Bonchev–Trinajstić information content (AvgIpc) is 2.32. The summed E-state index contributed by atoms with van der Waals surface area (Å²) in [7, 11) is 1.66. The predicted molar refractivity (Wildman–Crippen MR) is 78.9 cm³/mol. The minimum atomic E-state index is -0.0782. The Morgan fingerprint density at radius 3 is 2.44 bits per heavy atom. The lowest BCUT2D eigenvalue weighted by Crippen LogP contribution is -2.33. The number of halogens is 2. The van der Waals surface area contributed by atoms with Crippen molar-refractivity contribution in [3.8, 4) is 0 Å². The van der Waals surface area contributed by atoms with Crippen molar-refractivity contribution in [1.29, 1.82) is 0 Å². The third-order valence-corrected chi connectivity index (χ3v) is 3.11. The van der Waals surface area contributed by atoms with Crippen molar-refractivity contribution in [2.75, 3.05) is 33.4 Å². The van der Waals surface area contributed by atoms with E-state index in [1.165, 1.54) is 0 Å². The molecule has 18 heavy (non-hydrogen) atoms. The van der Waals surface area contributed by atoms with Gasteiger partial charge in [-0.2, -0.15) is 0 Å². The molecule has 0 spiro atoms. The van der Waals surface area contributed by atoms with Crippen LogP contribution in [0.1, 0.15) is 10.4 Å². The fourth-order valence-corrected chi connectivity index (χ4v) is 2.64. The maximum atomic E-state index is 11.8. The van der Waals surface area contributed by atoms with Gasteiger partial charge in [-0.05, 0) is 18.2 Å². The van der Waals surface area contributed by atoms with Crippen molar-refractivity contribution in [3.63, 3.8) is 0 Å². The topological polar surface area (TPSA) is 50.4 Å². The van der Waals surface area contributed by atoms with E-state index >= 15 is 0 Å². The lowest BCUT2D eigenvalue weighted by molar-refractivity contribution is 0.0953. The van der Waals surface area contributed by atoms with Crippen LogP contribution in [0.2, 0.25) is 0 Å². The first-order valence-electron chi connectivity index (χ1n) is 5.57. The van der Waals surface area contributed by atoms with Crippen LogP contribution >= 0.6 is 31.9 Å². The van der Waals surface area contributed by atoms with E-state index in [1.807, 2.05) is 6.07 Å². The van der Waals surface area contributed by atoms with Gasteiger partial charge in [0.15, 0.2) is 0 Å². The Balaban J connectivity index is 2.32. The Morgan fingerprint density at radius 1 is 1.17 bits per heavy atom. The van der Waals surface area contributed by atoms with Gasteiger partial charge >= 0.3 is 0 Å². The SMILES string of the molecule is COCCNCCNC(=O)c1cc(Br)cc(Br)c1. The Kier molecular flexibility index (Phi) is 7.50. The third-order valence-electron chi connectivity index (χ3n) is 2.20. The summed E-state index contributed by atoms with van der Waals surface area (Å²) in [5.74, 6) is -0.0782. The predicted octanol–water partition coefficient (Wildman–Crippen LogP) is 2.18. The normalized spacial score (nSPS) is 10.4. The van der Waals surface area contributed by atoms with E-state index in [2.05, 4.69) is 42.5 Å². The molecule has 0 aliphatic heterocycles. The zero-order chi connectivity index (χ0) is 13.4. The smallest absolute Gasteiger partial charge is 0.251 e. The summed E-state index contributed by atoms with van der Waals surface area (Å²) in [6.45, 7) is 2.78. The molecule has 0 radical (unpaired) electrons. The van der Waals surface area contributed by atoms with Gasteiger partial charge in [-0.1, -0.05) is 31.9 Å². The highest BCUT2D eigenvalue weighted by Crippen LogP contribution is 2.19. The molecule has 0 aromatic heterocycles. The summed E-state index contributed by atoms with van der Waals surface area (Å²) in [5, 5.41) is 6.00. The Bertz CT molecular complexity index is 379. The van der Waals surface area contributed by atoms with E-state index in [1.54, 1.807) is 19.2 Å². The summed E-state index contributed by atoms with van der Waals surface area (Å²) in [4.78, 5) is 11.8. The van der Waals surface area contributed by atoms with Crippen LogP contribution in [0, 0.1) is 0 Å². The number of carbonyl (C=O) groups excluding carboxylic acids is 1. The molecule has 6 heteroatoms. The standard InChI is InChI=1S/C12H16Br2N2O2/c1-18-5-4-15-2-3-16-12(17)9-6-10(13)8-11(14)7-9/h6-8,15H,2-5H2,1H3,(H,16,17). The first-order valence-corrected chi connectivity index (χ1v) is 7.16. The molecule has 0 fully saturated rings. The van der Waals surface area contributed by atoms with Crippen molar-refractivity contribution in [1.82, 2.24) is 10.6 Å². The van der Waals surface area contributed by atoms with Gasteiger partial charge < -0.3 is 15.4 Å². The monoisotopic (exact) mass is 378 g/mol. The second-order valence-corrected chi connectivity index (χ2v) is 5.49. The molecule has 1 rings (SSSR count). The van der Waals surface area contributed by atoms with Gasteiger partial charge in [-0.3, -0.25) is 4.79 Å². The van der Waals surface area contributed by atoms with E-state index in [4.69, 9.17) is 4.74 Å². The maximum Gasteiger partial charge on any atom is 0.251 e. The third kappa shape index (κ3) is 5.95. The van der Waals surface area contributed by atoms with Crippen LogP contribution in [-0.4, -0.2) is 39.3 Å². The van der Waals surface area contributed by atoms with E-state index < -0.39 is 0 Å². The number of ether oxygens (including phenoxy) is 1. The fraction of sp³-hybridized carbons (Fsp3) is 0.417. The minimum absolute atomic E-state index is 0.0782. The second kappa shape index (κ2) is 8.63. The molecule has 2 N–H and O–H groups in total. The molecule has 0 heterocycles. The largest absolute Gasteiger partial charge is 0.383 e. The van der Waals surface area contributed by atoms with Crippen molar-refractivity contribution in [3.05, 3.63) is 32.7 Å². The Hall–Kier alpha value is -0.430. The van der Waals surface area contributed by atoms with Crippen LogP contribution in [0.25, 0.3) is 0 Å². The van der Waals surface area contributed by atoms with Crippen LogP contribution in [-0.2, 0) is 4.74 Å².